The first-order chi connectivity index (χ1) is 9.75. The SMILES string of the molecule is FC(F)c1cccc(C2NCCC2c2ccccc2)c1. The lowest BCUT2D eigenvalue weighted by molar-refractivity contribution is 0.151. The molecule has 0 amide bonds. The van der Waals surface area contributed by atoms with Crippen LogP contribution in [0.4, 0.5) is 8.78 Å². The average Bonchev–Trinajstić information content (AvgIpc) is 2.98. The Morgan fingerprint density at radius 3 is 2.45 bits per heavy atom. The molecule has 1 aliphatic heterocycles. The van der Waals surface area contributed by atoms with Crippen molar-refractivity contribution in [1.29, 1.82) is 0 Å². The number of hydrogen-bond donors (Lipinski definition) is 1. The van der Waals surface area contributed by atoms with Crippen molar-refractivity contribution in [3.05, 3.63) is 71.3 Å². The smallest absolute Gasteiger partial charge is 0.263 e. The number of benzene rings is 2. The standard InChI is InChI=1S/C17H17F2N/c18-17(19)14-8-4-7-13(11-14)16-15(9-10-20-16)12-5-2-1-3-6-12/h1-8,11,15-17,20H,9-10H2. The zero-order valence-electron chi connectivity index (χ0n) is 11.1. The van der Waals surface area contributed by atoms with Crippen molar-refractivity contribution >= 4 is 0 Å². The Morgan fingerprint density at radius 1 is 0.950 bits per heavy atom. The van der Waals surface area contributed by atoms with Crippen molar-refractivity contribution in [2.45, 2.75) is 24.8 Å². The molecule has 2 aromatic carbocycles. The van der Waals surface area contributed by atoms with Crippen molar-refractivity contribution in [3.63, 3.8) is 0 Å². The van der Waals surface area contributed by atoms with E-state index >= 15 is 0 Å². The maximum absolute atomic E-state index is 12.8. The molecule has 2 aromatic rings. The van der Waals surface area contributed by atoms with E-state index in [1.165, 1.54) is 11.6 Å². The number of alkyl halides is 2. The summed E-state index contributed by atoms with van der Waals surface area (Å²) in [5, 5.41) is 3.44. The highest BCUT2D eigenvalue weighted by Crippen LogP contribution is 2.38. The summed E-state index contributed by atoms with van der Waals surface area (Å²) in [6.45, 7) is 0.920. The van der Waals surface area contributed by atoms with Crippen LogP contribution in [0, 0.1) is 0 Å². The van der Waals surface area contributed by atoms with Gasteiger partial charge in [-0.15, -0.1) is 0 Å². The summed E-state index contributed by atoms with van der Waals surface area (Å²) in [5.74, 6) is 0.351. The van der Waals surface area contributed by atoms with E-state index in [2.05, 4.69) is 17.4 Å². The van der Waals surface area contributed by atoms with Crippen molar-refractivity contribution in [2.24, 2.45) is 0 Å². The van der Waals surface area contributed by atoms with E-state index in [1.807, 2.05) is 24.3 Å². The Morgan fingerprint density at radius 2 is 1.70 bits per heavy atom. The van der Waals surface area contributed by atoms with Gasteiger partial charge in [0.2, 0.25) is 0 Å². The van der Waals surface area contributed by atoms with Crippen LogP contribution in [0.15, 0.2) is 54.6 Å². The van der Waals surface area contributed by atoms with Crippen molar-refractivity contribution < 1.29 is 8.78 Å². The zero-order chi connectivity index (χ0) is 13.9. The Kier molecular flexibility index (Phi) is 3.79. The molecule has 3 rings (SSSR count). The molecule has 0 saturated carbocycles. The van der Waals surface area contributed by atoms with Crippen molar-refractivity contribution in [2.75, 3.05) is 6.54 Å². The van der Waals surface area contributed by atoms with Crippen molar-refractivity contribution in [3.8, 4) is 0 Å². The van der Waals surface area contributed by atoms with Gasteiger partial charge in [0.25, 0.3) is 6.43 Å². The molecule has 0 aliphatic carbocycles. The maximum Gasteiger partial charge on any atom is 0.263 e. The second kappa shape index (κ2) is 5.71. The second-order valence-electron chi connectivity index (χ2n) is 5.21. The van der Waals surface area contributed by atoms with E-state index in [-0.39, 0.29) is 11.6 Å². The molecule has 1 nitrogen and oxygen atoms in total. The van der Waals surface area contributed by atoms with Crippen LogP contribution >= 0.6 is 0 Å². The van der Waals surface area contributed by atoms with E-state index in [9.17, 15) is 8.78 Å². The monoisotopic (exact) mass is 273 g/mol. The third-order valence-electron chi connectivity index (χ3n) is 3.97. The van der Waals surface area contributed by atoms with Crippen LogP contribution in [0.2, 0.25) is 0 Å². The highest BCUT2D eigenvalue weighted by Gasteiger charge is 2.29. The molecule has 2 unspecified atom stereocenters. The third-order valence-corrected chi connectivity index (χ3v) is 3.97. The van der Waals surface area contributed by atoms with E-state index in [1.54, 1.807) is 12.1 Å². The number of hydrogen-bond acceptors (Lipinski definition) is 1. The van der Waals surface area contributed by atoms with Gasteiger partial charge in [-0.1, -0.05) is 48.5 Å². The van der Waals surface area contributed by atoms with E-state index in [0.29, 0.717) is 5.92 Å². The van der Waals surface area contributed by atoms with E-state index in [0.717, 1.165) is 18.5 Å². The minimum Gasteiger partial charge on any atom is -0.309 e. The Hall–Kier alpha value is -1.74. The Bertz CT molecular complexity index is 568. The third kappa shape index (κ3) is 2.59. The van der Waals surface area contributed by atoms with Gasteiger partial charge in [0, 0.05) is 17.5 Å². The van der Waals surface area contributed by atoms with Crippen LogP contribution < -0.4 is 5.32 Å². The van der Waals surface area contributed by atoms with Gasteiger partial charge in [-0.25, -0.2) is 8.78 Å². The fourth-order valence-corrected chi connectivity index (χ4v) is 3.00. The quantitative estimate of drug-likeness (QED) is 0.871. The molecular formula is C17H17F2N. The normalized spacial score (nSPS) is 22.4. The fraction of sp³-hybridized carbons (Fsp3) is 0.294. The van der Waals surface area contributed by atoms with Crippen LogP contribution in [0.5, 0.6) is 0 Å². The number of nitrogens with one attached hydrogen (secondary N) is 1. The van der Waals surface area contributed by atoms with Gasteiger partial charge < -0.3 is 5.32 Å². The number of halogens is 2. The predicted molar refractivity (Wildman–Crippen MR) is 75.9 cm³/mol. The van der Waals surface area contributed by atoms with Gasteiger partial charge in [0.05, 0.1) is 0 Å². The molecule has 0 radical (unpaired) electrons. The van der Waals surface area contributed by atoms with Crippen LogP contribution in [0.3, 0.4) is 0 Å². The molecule has 1 aliphatic rings. The molecule has 1 N–H and O–H groups in total. The largest absolute Gasteiger partial charge is 0.309 e. The lowest BCUT2D eigenvalue weighted by Gasteiger charge is -2.21. The molecule has 20 heavy (non-hydrogen) atoms. The second-order valence-corrected chi connectivity index (χ2v) is 5.21. The molecule has 0 spiro atoms. The number of rotatable bonds is 3. The van der Waals surface area contributed by atoms with E-state index < -0.39 is 6.43 Å². The highest BCUT2D eigenvalue weighted by molar-refractivity contribution is 5.32. The highest BCUT2D eigenvalue weighted by atomic mass is 19.3. The van der Waals surface area contributed by atoms with Crippen molar-refractivity contribution in [1.82, 2.24) is 5.32 Å². The molecule has 3 heteroatoms. The molecule has 1 saturated heterocycles. The zero-order valence-corrected chi connectivity index (χ0v) is 11.1. The maximum atomic E-state index is 12.8. The Balaban J connectivity index is 1.91. The summed E-state index contributed by atoms with van der Waals surface area (Å²) >= 11 is 0. The summed E-state index contributed by atoms with van der Waals surface area (Å²) in [5.41, 5.74) is 2.32. The predicted octanol–water partition coefficient (Wildman–Crippen LogP) is 4.44. The summed E-state index contributed by atoms with van der Waals surface area (Å²) in [6.07, 6.45) is -1.38. The lowest BCUT2D eigenvalue weighted by atomic mass is 9.87. The van der Waals surface area contributed by atoms with E-state index in [4.69, 9.17) is 0 Å². The topological polar surface area (TPSA) is 12.0 Å². The first kappa shape index (κ1) is 13.3. The van der Waals surface area contributed by atoms with Crippen LogP contribution in [0.25, 0.3) is 0 Å². The summed E-state index contributed by atoms with van der Waals surface area (Å²) in [6, 6.07) is 17.2. The van der Waals surface area contributed by atoms with Gasteiger partial charge in [-0.2, -0.15) is 0 Å². The van der Waals surface area contributed by atoms with Gasteiger partial charge >= 0.3 is 0 Å². The molecule has 104 valence electrons. The van der Waals surface area contributed by atoms with Gasteiger partial charge in [-0.05, 0) is 30.2 Å². The Labute approximate surface area is 117 Å². The first-order valence-corrected chi connectivity index (χ1v) is 6.92. The lowest BCUT2D eigenvalue weighted by Crippen LogP contribution is -2.17. The molecular weight excluding hydrogens is 256 g/mol. The van der Waals surface area contributed by atoms with Crippen LogP contribution in [-0.2, 0) is 0 Å². The van der Waals surface area contributed by atoms with Crippen LogP contribution in [0.1, 0.15) is 41.5 Å². The molecule has 0 aromatic heterocycles. The van der Waals surface area contributed by atoms with Gasteiger partial charge in [-0.3, -0.25) is 0 Å². The fourth-order valence-electron chi connectivity index (χ4n) is 3.00. The molecule has 1 fully saturated rings. The first-order valence-electron chi connectivity index (χ1n) is 6.92. The van der Waals surface area contributed by atoms with Gasteiger partial charge in [0.15, 0.2) is 0 Å². The average molecular weight is 273 g/mol. The van der Waals surface area contributed by atoms with Gasteiger partial charge in [0.1, 0.15) is 0 Å². The van der Waals surface area contributed by atoms with Crippen LogP contribution in [-0.4, -0.2) is 6.54 Å². The minimum atomic E-state index is -2.41. The summed E-state index contributed by atoms with van der Waals surface area (Å²) in [4.78, 5) is 0. The summed E-state index contributed by atoms with van der Waals surface area (Å²) in [7, 11) is 0. The molecule has 0 bridgehead atoms. The molecule has 2 atom stereocenters. The minimum absolute atomic E-state index is 0.100. The summed E-state index contributed by atoms with van der Waals surface area (Å²) < 4.78 is 25.7. The molecule has 1 heterocycles.